The van der Waals surface area contributed by atoms with Gasteiger partial charge in [-0.2, -0.15) is 0 Å². The predicted octanol–water partition coefficient (Wildman–Crippen LogP) is 0.298. The van der Waals surface area contributed by atoms with Crippen LogP contribution in [0.2, 0.25) is 0 Å². The summed E-state index contributed by atoms with van der Waals surface area (Å²) in [7, 11) is 1.79. The highest BCUT2D eigenvalue weighted by atomic mass is 16.5. The summed E-state index contributed by atoms with van der Waals surface area (Å²) in [5.41, 5.74) is 1.08. The van der Waals surface area contributed by atoms with Crippen molar-refractivity contribution in [1.29, 1.82) is 0 Å². The van der Waals surface area contributed by atoms with Gasteiger partial charge in [-0.15, -0.1) is 0 Å². The van der Waals surface area contributed by atoms with Crippen LogP contribution in [-0.2, 0) is 14.3 Å². The first kappa shape index (κ1) is 14.0. The molecule has 0 radical (unpaired) electrons. The van der Waals surface area contributed by atoms with E-state index >= 15 is 0 Å². The van der Waals surface area contributed by atoms with E-state index in [4.69, 9.17) is 9.84 Å². The maximum atomic E-state index is 12.1. The van der Waals surface area contributed by atoms with Gasteiger partial charge >= 0.3 is 5.97 Å². The van der Waals surface area contributed by atoms with E-state index in [1.807, 2.05) is 4.90 Å². The molecule has 1 amide bonds. The van der Waals surface area contributed by atoms with Crippen LogP contribution in [0.5, 0.6) is 0 Å². The number of carboxylic acids is 1. The minimum Gasteiger partial charge on any atom is -0.479 e. The Morgan fingerprint density at radius 1 is 1.58 bits per heavy atom. The average Bonchev–Trinajstić information content (AvgIpc) is 2.92. The minimum absolute atomic E-state index is 0.0131. The first-order chi connectivity index (χ1) is 9.08. The molecule has 19 heavy (non-hydrogen) atoms. The highest BCUT2D eigenvalue weighted by molar-refractivity contribution is 5.80. The van der Waals surface area contributed by atoms with Crippen LogP contribution in [0.3, 0.4) is 0 Å². The van der Waals surface area contributed by atoms with Crippen molar-refractivity contribution >= 4 is 11.9 Å². The fourth-order valence-corrected chi connectivity index (χ4v) is 2.41. The summed E-state index contributed by atoms with van der Waals surface area (Å²) in [5.74, 6) is -0.955. The molecule has 0 aromatic heterocycles. The van der Waals surface area contributed by atoms with Crippen LogP contribution in [-0.4, -0.2) is 66.2 Å². The normalized spacial score (nSPS) is 24.1. The van der Waals surface area contributed by atoms with E-state index in [0.29, 0.717) is 13.2 Å². The largest absolute Gasteiger partial charge is 0.479 e. The number of allylic oxidation sites excluding steroid dienone is 2. The summed E-state index contributed by atoms with van der Waals surface area (Å²) < 4.78 is 5.13. The second-order valence-electron chi connectivity index (χ2n) is 4.97. The Morgan fingerprint density at radius 3 is 3.00 bits per heavy atom. The number of carbonyl (C=O) groups excluding carboxylic acids is 1. The van der Waals surface area contributed by atoms with Crippen molar-refractivity contribution in [1.82, 2.24) is 9.80 Å². The molecule has 0 aromatic rings. The molecule has 1 aliphatic carbocycles. The van der Waals surface area contributed by atoms with Gasteiger partial charge in [0.05, 0.1) is 13.2 Å². The van der Waals surface area contributed by atoms with Crippen molar-refractivity contribution in [2.24, 2.45) is 0 Å². The van der Waals surface area contributed by atoms with Crippen molar-refractivity contribution in [3.63, 3.8) is 0 Å². The second kappa shape index (κ2) is 6.16. The Hall–Kier alpha value is -1.40. The van der Waals surface area contributed by atoms with Crippen LogP contribution >= 0.6 is 0 Å². The van der Waals surface area contributed by atoms with Gasteiger partial charge in [-0.1, -0.05) is 6.08 Å². The quantitative estimate of drug-likeness (QED) is 0.794. The first-order valence-corrected chi connectivity index (χ1v) is 6.60. The van der Waals surface area contributed by atoms with E-state index in [1.165, 1.54) is 0 Å². The van der Waals surface area contributed by atoms with Crippen molar-refractivity contribution < 1.29 is 19.4 Å². The van der Waals surface area contributed by atoms with Gasteiger partial charge in [0.25, 0.3) is 0 Å². The maximum Gasteiger partial charge on any atom is 0.334 e. The Kier molecular flexibility index (Phi) is 4.55. The Bertz CT molecular complexity index is 394. The zero-order chi connectivity index (χ0) is 13.8. The predicted molar refractivity (Wildman–Crippen MR) is 68.5 cm³/mol. The summed E-state index contributed by atoms with van der Waals surface area (Å²) >= 11 is 0. The Balaban J connectivity index is 1.86. The number of nitrogens with zero attached hydrogens (tertiary/aromatic N) is 2. The SMILES string of the molecule is CN(C(=O)CN1CCOC(C(=O)O)C1)C1=CCCC1. The molecule has 1 heterocycles. The number of carboxylic acid groups (broad SMARTS) is 1. The summed E-state index contributed by atoms with van der Waals surface area (Å²) in [6.45, 7) is 1.48. The molecule has 6 nitrogen and oxygen atoms in total. The third-order valence-electron chi connectivity index (χ3n) is 3.61. The number of hydrogen-bond donors (Lipinski definition) is 1. The molecule has 0 bridgehead atoms. The van der Waals surface area contributed by atoms with E-state index < -0.39 is 12.1 Å². The van der Waals surface area contributed by atoms with E-state index in [1.54, 1.807) is 11.9 Å². The molecular weight excluding hydrogens is 248 g/mol. The van der Waals surface area contributed by atoms with E-state index in [-0.39, 0.29) is 19.0 Å². The number of rotatable bonds is 4. The summed E-state index contributed by atoms with van der Waals surface area (Å²) in [4.78, 5) is 26.5. The highest BCUT2D eigenvalue weighted by Gasteiger charge is 2.28. The highest BCUT2D eigenvalue weighted by Crippen LogP contribution is 2.20. The number of ether oxygens (including phenoxy) is 1. The van der Waals surface area contributed by atoms with Gasteiger partial charge < -0.3 is 14.7 Å². The van der Waals surface area contributed by atoms with Gasteiger partial charge in [0, 0.05) is 25.8 Å². The molecule has 1 atom stereocenters. The van der Waals surface area contributed by atoms with Crippen molar-refractivity contribution in [3.05, 3.63) is 11.8 Å². The Morgan fingerprint density at radius 2 is 2.37 bits per heavy atom. The number of likely N-dealkylation sites (N-methyl/N-ethyl adjacent to an activating group) is 1. The van der Waals surface area contributed by atoms with E-state index in [0.717, 1.165) is 25.0 Å². The van der Waals surface area contributed by atoms with Crippen LogP contribution in [0.15, 0.2) is 11.8 Å². The molecule has 0 saturated carbocycles. The fourth-order valence-electron chi connectivity index (χ4n) is 2.41. The molecule has 2 rings (SSSR count). The Labute approximate surface area is 112 Å². The molecule has 6 heteroatoms. The number of morpholine rings is 1. The van der Waals surface area contributed by atoms with Crippen molar-refractivity contribution in [3.8, 4) is 0 Å². The van der Waals surface area contributed by atoms with Gasteiger partial charge in [0.2, 0.25) is 5.91 Å². The molecule has 1 aliphatic heterocycles. The van der Waals surface area contributed by atoms with Crippen LogP contribution in [0.25, 0.3) is 0 Å². The topological polar surface area (TPSA) is 70.1 Å². The monoisotopic (exact) mass is 268 g/mol. The van der Waals surface area contributed by atoms with Crippen LogP contribution in [0.1, 0.15) is 19.3 Å². The minimum atomic E-state index is -0.969. The number of carbonyl (C=O) groups is 2. The molecule has 1 fully saturated rings. The van der Waals surface area contributed by atoms with Gasteiger partial charge in [0.15, 0.2) is 6.10 Å². The van der Waals surface area contributed by atoms with Crippen molar-refractivity contribution in [2.45, 2.75) is 25.4 Å². The molecule has 1 N–H and O–H groups in total. The molecule has 2 aliphatic rings. The lowest BCUT2D eigenvalue weighted by Crippen LogP contribution is -2.49. The second-order valence-corrected chi connectivity index (χ2v) is 4.97. The summed E-state index contributed by atoms with van der Waals surface area (Å²) in [6, 6.07) is 0. The molecule has 1 saturated heterocycles. The van der Waals surface area contributed by atoms with Gasteiger partial charge in [-0.25, -0.2) is 4.79 Å². The first-order valence-electron chi connectivity index (χ1n) is 6.60. The van der Waals surface area contributed by atoms with E-state index in [2.05, 4.69) is 6.08 Å². The van der Waals surface area contributed by atoms with Crippen LogP contribution < -0.4 is 0 Å². The summed E-state index contributed by atoms with van der Waals surface area (Å²) in [5, 5.41) is 8.92. The zero-order valence-electron chi connectivity index (χ0n) is 11.2. The zero-order valence-corrected chi connectivity index (χ0v) is 11.2. The van der Waals surface area contributed by atoms with Crippen LogP contribution in [0, 0.1) is 0 Å². The molecule has 106 valence electrons. The summed E-state index contributed by atoms with van der Waals surface area (Å²) in [6.07, 6.45) is 4.36. The third kappa shape index (κ3) is 3.54. The number of aliphatic carboxylic acids is 1. The lowest BCUT2D eigenvalue weighted by molar-refractivity contribution is -0.157. The lowest BCUT2D eigenvalue weighted by atomic mass is 10.2. The van der Waals surface area contributed by atoms with Crippen LogP contribution in [0.4, 0.5) is 0 Å². The van der Waals surface area contributed by atoms with Gasteiger partial charge in [-0.3, -0.25) is 9.69 Å². The fraction of sp³-hybridized carbons (Fsp3) is 0.692. The molecule has 1 unspecified atom stereocenters. The number of amides is 1. The number of hydrogen-bond acceptors (Lipinski definition) is 4. The maximum absolute atomic E-state index is 12.1. The lowest BCUT2D eigenvalue weighted by Gasteiger charge is -2.31. The van der Waals surface area contributed by atoms with E-state index in [9.17, 15) is 9.59 Å². The molecule has 0 aromatic carbocycles. The smallest absolute Gasteiger partial charge is 0.334 e. The average molecular weight is 268 g/mol. The molecule has 0 spiro atoms. The van der Waals surface area contributed by atoms with Crippen molar-refractivity contribution in [2.75, 3.05) is 33.3 Å². The third-order valence-corrected chi connectivity index (χ3v) is 3.61. The van der Waals surface area contributed by atoms with Gasteiger partial charge in [-0.05, 0) is 19.3 Å². The van der Waals surface area contributed by atoms with Gasteiger partial charge in [0.1, 0.15) is 0 Å². The molecular formula is C13H20N2O4. The standard InChI is InChI=1S/C13H20N2O4/c1-14(10-4-2-3-5-10)12(16)9-15-6-7-19-11(8-15)13(17)18/h4,11H,2-3,5-9H2,1H3,(H,17,18).